The Kier molecular flexibility index (Phi) is 5.34. The van der Waals surface area contributed by atoms with E-state index in [0.29, 0.717) is 12.1 Å². The fraction of sp³-hybridized carbons (Fsp3) is 0.625. The Balaban J connectivity index is 1.91. The minimum Gasteiger partial charge on any atom is -0.312 e. The van der Waals surface area contributed by atoms with E-state index in [0.717, 1.165) is 13.1 Å². The molecule has 2 unspecified atom stereocenters. The number of nitrogens with zero attached hydrogens (tertiary/aromatic N) is 1. The first kappa shape index (κ1) is 14.5. The summed E-state index contributed by atoms with van der Waals surface area (Å²) in [5.41, 5.74) is 1.19. The third-order valence-electron chi connectivity index (χ3n) is 4.05. The van der Waals surface area contributed by atoms with Crippen molar-refractivity contribution in [3.8, 4) is 0 Å². The van der Waals surface area contributed by atoms with Crippen LogP contribution in [0.15, 0.2) is 24.3 Å². The first-order chi connectivity index (χ1) is 9.20. The fourth-order valence-electron chi connectivity index (χ4n) is 3.03. The van der Waals surface area contributed by atoms with Crippen LogP contribution in [0.1, 0.15) is 38.2 Å². The van der Waals surface area contributed by atoms with Crippen LogP contribution in [-0.4, -0.2) is 30.6 Å². The van der Waals surface area contributed by atoms with Gasteiger partial charge in [-0.15, -0.1) is 0 Å². The number of benzene rings is 1. The summed E-state index contributed by atoms with van der Waals surface area (Å²) < 4.78 is 12.9. The lowest BCUT2D eigenvalue weighted by Gasteiger charge is -2.30. The topological polar surface area (TPSA) is 15.3 Å². The van der Waals surface area contributed by atoms with Crippen LogP contribution in [0.2, 0.25) is 0 Å². The molecule has 2 atom stereocenters. The molecule has 1 aromatic rings. The van der Waals surface area contributed by atoms with Crippen molar-refractivity contribution in [1.82, 2.24) is 10.2 Å². The molecule has 0 spiro atoms. The van der Waals surface area contributed by atoms with Gasteiger partial charge in [0.1, 0.15) is 5.82 Å². The maximum Gasteiger partial charge on any atom is 0.123 e. The summed E-state index contributed by atoms with van der Waals surface area (Å²) in [6.45, 7) is 4.21. The summed E-state index contributed by atoms with van der Waals surface area (Å²) in [6, 6.07) is 8.08. The van der Waals surface area contributed by atoms with Crippen molar-refractivity contribution in [3.05, 3.63) is 35.6 Å². The van der Waals surface area contributed by atoms with Crippen molar-refractivity contribution >= 4 is 0 Å². The van der Waals surface area contributed by atoms with E-state index in [-0.39, 0.29) is 5.82 Å². The SMILES string of the molecule is CCCNC1CCCC1N(C)Cc1ccc(F)cc1. The predicted molar refractivity (Wildman–Crippen MR) is 77.6 cm³/mol. The smallest absolute Gasteiger partial charge is 0.123 e. The number of rotatable bonds is 6. The molecule has 0 saturated heterocycles. The van der Waals surface area contributed by atoms with E-state index in [1.165, 1.54) is 31.2 Å². The zero-order chi connectivity index (χ0) is 13.7. The number of hydrogen-bond donors (Lipinski definition) is 1. The minimum atomic E-state index is -0.158. The van der Waals surface area contributed by atoms with Gasteiger partial charge in [0.2, 0.25) is 0 Å². The predicted octanol–water partition coefficient (Wildman–Crippen LogP) is 3.18. The highest BCUT2D eigenvalue weighted by atomic mass is 19.1. The third kappa shape index (κ3) is 4.02. The van der Waals surface area contributed by atoms with E-state index in [1.807, 2.05) is 12.1 Å². The van der Waals surface area contributed by atoms with Crippen LogP contribution < -0.4 is 5.32 Å². The molecule has 2 nitrogen and oxygen atoms in total. The van der Waals surface area contributed by atoms with Crippen molar-refractivity contribution in [3.63, 3.8) is 0 Å². The normalized spacial score (nSPS) is 23.2. The highest BCUT2D eigenvalue weighted by Gasteiger charge is 2.29. The van der Waals surface area contributed by atoms with Crippen LogP contribution in [0.4, 0.5) is 4.39 Å². The van der Waals surface area contributed by atoms with Crippen LogP contribution in [0.5, 0.6) is 0 Å². The maximum atomic E-state index is 12.9. The van der Waals surface area contributed by atoms with E-state index in [2.05, 4.69) is 24.2 Å². The molecular weight excluding hydrogens is 239 g/mol. The molecule has 3 heteroatoms. The Bertz CT molecular complexity index is 377. The highest BCUT2D eigenvalue weighted by molar-refractivity contribution is 5.16. The minimum absolute atomic E-state index is 0.158. The van der Waals surface area contributed by atoms with Crippen molar-refractivity contribution in [2.24, 2.45) is 0 Å². The second-order valence-corrected chi connectivity index (χ2v) is 5.60. The molecule has 0 aliphatic heterocycles. The summed E-state index contributed by atoms with van der Waals surface area (Å²) in [6.07, 6.45) is 5.03. The Morgan fingerprint density at radius 1 is 1.26 bits per heavy atom. The quantitative estimate of drug-likeness (QED) is 0.849. The second kappa shape index (κ2) is 7.01. The molecule has 19 heavy (non-hydrogen) atoms. The summed E-state index contributed by atoms with van der Waals surface area (Å²) in [5, 5.41) is 3.66. The Morgan fingerprint density at radius 3 is 2.68 bits per heavy atom. The molecule has 1 aliphatic carbocycles. The zero-order valence-electron chi connectivity index (χ0n) is 12.0. The van der Waals surface area contributed by atoms with E-state index in [4.69, 9.17) is 0 Å². The molecule has 1 N–H and O–H groups in total. The van der Waals surface area contributed by atoms with Gasteiger partial charge >= 0.3 is 0 Å². The number of halogens is 1. The molecule has 0 aromatic heterocycles. The number of hydrogen-bond acceptors (Lipinski definition) is 2. The lowest BCUT2D eigenvalue weighted by atomic mass is 10.1. The summed E-state index contributed by atoms with van der Waals surface area (Å²) in [7, 11) is 2.18. The largest absolute Gasteiger partial charge is 0.312 e. The van der Waals surface area contributed by atoms with Crippen molar-refractivity contribution in [1.29, 1.82) is 0 Å². The van der Waals surface area contributed by atoms with Gasteiger partial charge in [0.05, 0.1) is 0 Å². The van der Waals surface area contributed by atoms with Gasteiger partial charge in [-0.2, -0.15) is 0 Å². The molecule has 1 saturated carbocycles. The lowest BCUT2D eigenvalue weighted by molar-refractivity contribution is 0.204. The Hall–Kier alpha value is -0.930. The van der Waals surface area contributed by atoms with E-state index in [1.54, 1.807) is 12.1 Å². The molecule has 0 heterocycles. The molecule has 1 fully saturated rings. The number of likely N-dealkylation sites (N-methyl/N-ethyl adjacent to an activating group) is 1. The molecule has 0 bridgehead atoms. The van der Waals surface area contributed by atoms with Gasteiger partial charge < -0.3 is 5.32 Å². The first-order valence-corrected chi connectivity index (χ1v) is 7.38. The van der Waals surface area contributed by atoms with E-state index in [9.17, 15) is 4.39 Å². The molecular formula is C16H25FN2. The van der Waals surface area contributed by atoms with Gasteiger partial charge in [-0.05, 0) is 50.6 Å². The van der Waals surface area contributed by atoms with Crippen molar-refractivity contribution in [2.45, 2.75) is 51.2 Å². The lowest BCUT2D eigenvalue weighted by Crippen LogP contribution is -2.45. The van der Waals surface area contributed by atoms with Crippen LogP contribution in [0, 0.1) is 5.82 Å². The second-order valence-electron chi connectivity index (χ2n) is 5.60. The average molecular weight is 264 g/mol. The Labute approximate surface area is 116 Å². The maximum absolute atomic E-state index is 12.9. The van der Waals surface area contributed by atoms with Gasteiger partial charge in [0.15, 0.2) is 0 Å². The standard InChI is InChI=1S/C16H25FN2/c1-3-11-18-15-5-4-6-16(15)19(2)12-13-7-9-14(17)10-8-13/h7-10,15-16,18H,3-6,11-12H2,1-2H3. The summed E-state index contributed by atoms with van der Waals surface area (Å²) in [5.74, 6) is -0.158. The molecule has 1 aromatic carbocycles. The van der Waals surface area contributed by atoms with Crippen molar-refractivity contribution in [2.75, 3.05) is 13.6 Å². The third-order valence-corrected chi connectivity index (χ3v) is 4.05. The highest BCUT2D eigenvalue weighted by Crippen LogP contribution is 2.24. The van der Waals surface area contributed by atoms with Crippen LogP contribution in [0.25, 0.3) is 0 Å². The molecule has 0 radical (unpaired) electrons. The molecule has 1 aliphatic rings. The fourth-order valence-corrected chi connectivity index (χ4v) is 3.03. The van der Waals surface area contributed by atoms with Gasteiger partial charge in [-0.1, -0.05) is 25.5 Å². The Morgan fingerprint density at radius 2 is 2.00 bits per heavy atom. The summed E-state index contributed by atoms with van der Waals surface area (Å²) in [4.78, 5) is 2.41. The first-order valence-electron chi connectivity index (χ1n) is 7.38. The van der Waals surface area contributed by atoms with Gasteiger partial charge in [-0.3, -0.25) is 4.90 Å². The van der Waals surface area contributed by atoms with Crippen LogP contribution in [-0.2, 0) is 6.54 Å². The zero-order valence-corrected chi connectivity index (χ0v) is 12.0. The van der Waals surface area contributed by atoms with Crippen LogP contribution in [0.3, 0.4) is 0 Å². The molecule has 0 amide bonds. The summed E-state index contributed by atoms with van der Waals surface area (Å²) >= 11 is 0. The van der Waals surface area contributed by atoms with Crippen molar-refractivity contribution < 1.29 is 4.39 Å². The van der Waals surface area contributed by atoms with Gasteiger partial charge in [0, 0.05) is 18.6 Å². The number of nitrogens with one attached hydrogen (secondary N) is 1. The molecule has 2 rings (SSSR count). The van der Waals surface area contributed by atoms with Gasteiger partial charge in [0.25, 0.3) is 0 Å². The van der Waals surface area contributed by atoms with E-state index < -0.39 is 0 Å². The monoisotopic (exact) mass is 264 g/mol. The van der Waals surface area contributed by atoms with Crippen LogP contribution >= 0.6 is 0 Å². The van der Waals surface area contributed by atoms with E-state index >= 15 is 0 Å². The van der Waals surface area contributed by atoms with Gasteiger partial charge in [-0.25, -0.2) is 4.39 Å². The average Bonchev–Trinajstić information content (AvgIpc) is 2.87. The molecule has 106 valence electrons.